The van der Waals surface area contributed by atoms with Gasteiger partial charge in [-0.05, 0) is 42.7 Å². The zero-order valence-electron chi connectivity index (χ0n) is 12.4. The van der Waals surface area contributed by atoms with E-state index < -0.39 is 0 Å². The van der Waals surface area contributed by atoms with Crippen molar-refractivity contribution in [1.82, 2.24) is 5.32 Å². The highest BCUT2D eigenvalue weighted by Crippen LogP contribution is 2.31. The summed E-state index contributed by atoms with van der Waals surface area (Å²) in [4.78, 5) is 0. The van der Waals surface area contributed by atoms with Crippen molar-refractivity contribution in [2.45, 2.75) is 52.2 Å². The number of hydrogen-bond donors (Lipinski definition) is 2. The van der Waals surface area contributed by atoms with Gasteiger partial charge in [0, 0.05) is 6.04 Å². The van der Waals surface area contributed by atoms with Gasteiger partial charge in [-0.1, -0.05) is 51.1 Å². The fourth-order valence-corrected chi connectivity index (χ4v) is 2.78. The van der Waals surface area contributed by atoms with Gasteiger partial charge >= 0.3 is 0 Å². The van der Waals surface area contributed by atoms with E-state index in [-0.39, 0.29) is 6.10 Å². The van der Waals surface area contributed by atoms with Crippen molar-refractivity contribution in [2.24, 2.45) is 11.3 Å². The van der Waals surface area contributed by atoms with Gasteiger partial charge in [0.05, 0.1) is 6.10 Å². The third-order valence-electron chi connectivity index (χ3n) is 3.88. The molecule has 1 aromatic carbocycles. The highest BCUT2D eigenvalue weighted by atomic mass is 16.3. The van der Waals surface area contributed by atoms with Crippen molar-refractivity contribution in [3.63, 3.8) is 0 Å². The summed E-state index contributed by atoms with van der Waals surface area (Å²) in [5.74, 6) is 0.654. The van der Waals surface area contributed by atoms with Crippen LogP contribution >= 0.6 is 0 Å². The van der Waals surface area contributed by atoms with E-state index in [9.17, 15) is 5.11 Å². The average molecular weight is 261 g/mol. The summed E-state index contributed by atoms with van der Waals surface area (Å²) >= 11 is 0. The van der Waals surface area contributed by atoms with Gasteiger partial charge < -0.3 is 10.4 Å². The molecule has 0 amide bonds. The third-order valence-corrected chi connectivity index (χ3v) is 3.88. The lowest BCUT2D eigenvalue weighted by Crippen LogP contribution is -2.38. The lowest BCUT2D eigenvalue weighted by Gasteiger charge is -2.34. The van der Waals surface area contributed by atoms with Gasteiger partial charge in [-0.2, -0.15) is 0 Å². The maximum absolute atomic E-state index is 9.36. The summed E-state index contributed by atoms with van der Waals surface area (Å²) in [5.41, 5.74) is 1.68. The number of rotatable bonds is 5. The first-order chi connectivity index (χ1) is 8.94. The minimum atomic E-state index is -0.0513. The van der Waals surface area contributed by atoms with Gasteiger partial charge in [0.2, 0.25) is 0 Å². The normalized spacial score (nSPS) is 24.8. The molecule has 1 atom stereocenters. The molecule has 0 heterocycles. The molecule has 1 aliphatic carbocycles. The van der Waals surface area contributed by atoms with Crippen LogP contribution in [0.15, 0.2) is 30.3 Å². The van der Waals surface area contributed by atoms with Gasteiger partial charge in [0.25, 0.3) is 0 Å². The quantitative estimate of drug-likeness (QED) is 0.850. The van der Waals surface area contributed by atoms with E-state index in [4.69, 9.17) is 0 Å². The van der Waals surface area contributed by atoms with Crippen LogP contribution < -0.4 is 5.32 Å². The fourth-order valence-electron chi connectivity index (χ4n) is 2.78. The van der Waals surface area contributed by atoms with Crippen molar-refractivity contribution in [1.29, 1.82) is 0 Å². The SMILES string of the molecule is CC(C)(C)CC(NCC1CC(O)C1)c1ccccc1. The second kappa shape index (κ2) is 6.06. The Labute approximate surface area is 117 Å². The number of hydrogen-bond acceptors (Lipinski definition) is 2. The van der Waals surface area contributed by atoms with E-state index >= 15 is 0 Å². The molecule has 106 valence electrons. The van der Waals surface area contributed by atoms with Gasteiger partial charge in [0.15, 0.2) is 0 Å². The Kier molecular flexibility index (Phi) is 4.64. The van der Waals surface area contributed by atoms with Gasteiger partial charge in [-0.3, -0.25) is 0 Å². The molecule has 0 saturated heterocycles. The highest BCUT2D eigenvalue weighted by Gasteiger charge is 2.28. The predicted molar refractivity (Wildman–Crippen MR) is 80.0 cm³/mol. The zero-order valence-corrected chi connectivity index (χ0v) is 12.4. The molecule has 1 fully saturated rings. The number of benzene rings is 1. The summed E-state index contributed by atoms with van der Waals surface area (Å²) in [6.07, 6.45) is 3.00. The Morgan fingerprint density at radius 2 is 1.84 bits per heavy atom. The molecule has 0 radical (unpaired) electrons. The lowest BCUT2D eigenvalue weighted by atomic mass is 9.81. The molecular formula is C17H27NO. The monoisotopic (exact) mass is 261 g/mol. The Morgan fingerprint density at radius 1 is 1.21 bits per heavy atom. The number of aliphatic hydroxyl groups excluding tert-OH is 1. The summed E-state index contributed by atoms with van der Waals surface area (Å²) in [6, 6.07) is 11.1. The van der Waals surface area contributed by atoms with Crippen LogP contribution in [0.25, 0.3) is 0 Å². The topological polar surface area (TPSA) is 32.3 Å². The Morgan fingerprint density at radius 3 is 2.37 bits per heavy atom. The summed E-state index contributed by atoms with van der Waals surface area (Å²) in [7, 11) is 0. The molecule has 19 heavy (non-hydrogen) atoms. The van der Waals surface area contributed by atoms with Gasteiger partial charge in [-0.25, -0.2) is 0 Å². The molecular weight excluding hydrogens is 234 g/mol. The molecule has 0 spiro atoms. The fraction of sp³-hybridized carbons (Fsp3) is 0.647. The maximum Gasteiger partial charge on any atom is 0.0546 e. The summed E-state index contributed by atoms with van der Waals surface area (Å²) in [5, 5.41) is 13.1. The highest BCUT2D eigenvalue weighted by molar-refractivity contribution is 5.19. The molecule has 1 unspecified atom stereocenters. The molecule has 0 aromatic heterocycles. The molecule has 2 nitrogen and oxygen atoms in total. The standard InChI is InChI=1S/C17H27NO/c1-17(2,3)11-16(14-7-5-4-6-8-14)18-12-13-9-15(19)10-13/h4-8,13,15-16,18-19H,9-12H2,1-3H3. The van der Waals surface area contributed by atoms with Crippen molar-refractivity contribution in [2.75, 3.05) is 6.54 Å². The minimum absolute atomic E-state index is 0.0513. The van der Waals surface area contributed by atoms with E-state index in [1.807, 2.05) is 0 Å². The zero-order chi connectivity index (χ0) is 13.9. The van der Waals surface area contributed by atoms with E-state index in [2.05, 4.69) is 56.4 Å². The molecule has 2 heteroatoms. The van der Waals surface area contributed by atoms with E-state index in [0.717, 1.165) is 25.8 Å². The molecule has 1 aromatic rings. The first-order valence-electron chi connectivity index (χ1n) is 7.40. The first-order valence-corrected chi connectivity index (χ1v) is 7.40. The van der Waals surface area contributed by atoms with E-state index in [0.29, 0.717) is 17.4 Å². The predicted octanol–water partition coefficient (Wildman–Crippen LogP) is 3.52. The largest absolute Gasteiger partial charge is 0.393 e. The molecule has 0 bridgehead atoms. The molecule has 1 aliphatic rings. The Balaban J connectivity index is 1.94. The minimum Gasteiger partial charge on any atom is -0.393 e. The second-order valence-electron chi connectivity index (χ2n) is 7.13. The smallest absolute Gasteiger partial charge is 0.0546 e. The van der Waals surface area contributed by atoms with Crippen LogP contribution in [0.4, 0.5) is 0 Å². The Hall–Kier alpha value is -0.860. The summed E-state index contributed by atoms with van der Waals surface area (Å²) < 4.78 is 0. The summed E-state index contributed by atoms with van der Waals surface area (Å²) in [6.45, 7) is 7.89. The number of aliphatic hydroxyl groups is 1. The van der Waals surface area contributed by atoms with Crippen LogP contribution in [0.1, 0.15) is 51.6 Å². The van der Waals surface area contributed by atoms with E-state index in [1.54, 1.807) is 0 Å². The van der Waals surface area contributed by atoms with Gasteiger partial charge in [-0.15, -0.1) is 0 Å². The van der Waals surface area contributed by atoms with Crippen LogP contribution in [0, 0.1) is 11.3 Å². The molecule has 2 rings (SSSR count). The van der Waals surface area contributed by atoms with Crippen molar-refractivity contribution >= 4 is 0 Å². The van der Waals surface area contributed by atoms with Crippen LogP contribution in [0.5, 0.6) is 0 Å². The number of nitrogens with one attached hydrogen (secondary N) is 1. The molecule has 0 aliphatic heterocycles. The van der Waals surface area contributed by atoms with Crippen LogP contribution in [0.2, 0.25) is 0 Å². The maximum atomic E-state index is 9.36. The van der Waals surface area contributed by atoms with Crippen LogP contribution in [0.3, 0.4) is 0 Å². The molecule has 1 saturated carbocycles. The lowest BCUT2D eigenvalue weighted by molar-refractivity contribution is 0.0411. The first kappa shape index (κ1) is 14.5. The molecule has 2 N–H and O–H groups in total. The second-order valence-corrected chi connectivity index (χ2v) is 7.13. The average Bonchev–Trinajstić information content (AvgIpc) is 2.31. The van der Waals surface area contributed by atoms with Gasteiger partial charge in [0.1, 0.15) is 0 Å². The van der Waals surface area contributed by atoms with Crippen molar-refractivity contribution < 1.29 is 5.11 Å². The van der Waals surface area contributed by atoms with Crippen LogP contribution in [-0.2, 0) is 0 Å². The third kappa shape index (κ3) is 4.63. The van der Waals surface area contributed by atoms with Crippen molar-refractivity contribution in [3.05, 3.63) is 35.9 Å². The van der Waals surface area contributed by atoms with E-state index in [1.165, 1.54) is 5.56 Å². The van der Waals surface area contributed by atoms with Crippen molar-refractivity contribution in [3.8, 4) is 0 Å². The Bertz CT molecular complexity index is 376. The van der Waals surface area contributed by atoms with Crippen LogP contribution in [-0.4, -0.2) is 17.8 Å².